The van der Waals surface area contributed by atoms with Crippen molar-refractivity contribution in [1.29, 1.82) is 5.26 Å². The number of methoxy groups -OCH3 is 1. The third-order valence-electron chi connectivity index (χ3n) is 5.38. The maximum atomic E-state index is 13.4. The second-order valence-electron chi connectivity index (χ2n) is 8.08. The summed E-state index contributed by atoms with van der Waals surface area (Å²) in [7, 11) is 1.60. The van der Waals surface area contributed by atoms with Crippen LogP contribution in [0.3, 0.4) is 0 Å². The maximum Gasteiger partial charge on any atom is 0.283 e. The van der Waals surface area contributed by atoms with Crippen LogP contribution in [0.25, 0.3) is 6.08 Å². The number of aryl methyl sites for hydroxylation is 2. The third kappa shape index (κ3) is 5.51. The summed E-state index contributed by atoms with van der Waals surface area (Å²) in [5.74, 6) is 0.472. The van der Waals surface area contributed by atoms with Crippen LogP contribution in [0, 0.1) is 25.2 Å². The first-order chi connectivity index (χ1) is 16.9. The van der Waals surface area contributed by atoms with Crippen molar-refractivity contribution in [3.63, 3.8) is 0 Å². The van der Waals surface area contributed by atoms with Crippen molar-refractivity contribution in [2.45, 2.75) is 13.8 Å². The number of hydrogen-bond donors (Lipinski definition) is 0. The lowest BCUT2D eigenvalue weighted by atomic mass is 10.1. The minimum absolute atomic E-state index is 0.106. The van der Waals surface area contributed by atoms with Crippen LogP contribution in [0.4, 0.5) is 5.69 Å². The number of nitrogens with zero attached hydrogens (tertiary/aromatic N) is 3. The van der Waals surface area contributed by atoms with E-state index in [1.807, 2.05) is 62.4 Å². The van der Waals surface area contributed by atoms with E-state index >= 15 is 0 Å². The Morgan fingerprint density at radius 1 is 1.06 bits per heavy atom. The largest absolute Gasteiger partial charge is 0.497 e. The molecule has 0 aromatic heterocycles. The number of anilines is 1. The molecule has 6 nitrogen and oxygen atoms in total. The molecule has 0 unspecified atom stereocenters. The van der Waals surface area contributed by atoms with Crippen molar-refractivity contribution in [3.05, 3.63) is 100 Å². The molecule has 0 saturated carbocycles. The van der Waals surface area contributed by atoms with Crippen molar-refractivity contribution >= 4 is 40.4 Å². The average Bonchev–Trinajstić information content (AvgIpc) is 3.17. The van der Waals surface area contributed by atoms with E-state index in [1.54, 1.807) is 42.4 Å². The molecule has 4 rings (SSSR count). The normalized spacial score (nSPS) is 14.1. The number of nitriles is 1. The number of thioether (sulfide) groups is 1. The third-order valence-corrected chi connectivity index (χ3v) is 6.32. The van der Waals surface area contributed by atoms with Gasteiger partial charge >= 0.3 is 0 Å². The number of amides is 1. The fraction of sp³-hybridized carbons (Fsp3) is 0.143. The first-order valence-electron chi connectivity index (χ1n) is 10.9. The predicted octanol–water partition coefficient (Wildman–Crippen LogP) is 5.54. The van der Waals surface area contributed by atoms with E-state index < -0.39 is 0 Å². The summed E-state index contributed by atoms with van der Waals surface area (Å²) in [6.45, 7) is 3.95. The Kier molecular flexibility index (Phi) is 7.14. The van der Waals surface area contributed by atoms with Gasteiger partial charge in [-0.15, -0.1) is 0 Å². The van der Waals surface area contributed by atoms with Crippen molar-refractivity contribution in [2.24, 2.45) is 4.99 Å². The highest BCUT2D eigenvalue weighted by Crippen LogP contribution is 2.31. The summed E-state index contributed by atoms with van der Waals surface area (Å²) in [5, 5.41) is 9.41. The Bertz CT molecular complexity index is 1360. The zero-order chi connectivity index (χ0) is 24.9. The fourth-order valence-electron chi connectivity index (χ4n) is 3.70. The summed E-state index contributed by atoms with van der Waals surface area (Å²) in [6.07, 6.45) is 1.73. The minimum Gasteiger partial charge on any atom is -0.497 e. The van der Waals surface area contributed by atoms with Crippen molar-refractivity contribution in [2.75, 3.05) is 17.8 Å². The molecular weight excluding hydrogens is 458 g/mol. The van der Waals surface area contributed by atoms with Gasteiger partial charge in [-0.25, -0.2) is 4.99 Å². The number of amidine groups is 1. The first-order valence-corrected chi connectivity index (χ1v) is 11.9. The highest BCUT2D eigenvalue weighted by molar-refractivity contribution is 8.14. The lowest BCUT2D eigenvalue weighted by molar-refractivity contribution is -0.113. The van der Waals surface area contributed by atoms with Gasteiger partial charge in [-0.3, -0.25) is 14.5 Å². The van der Waals surface area contributed by atoms with Gasteiger partial charge in [0.05, 0.1) is 30.2 Å². The van der Waals surface area contributed by atoms with Gasteiger partial charge in [0.2, 0.25) is 0 Å². The zero-order valence-corrected chi connectivity index (χ0v) is 20.4. The van der Waals surface area contributed by atoms with Crippen LogP contribution in [-0.2, 0) is 4.79 Å². The van der Waals surface area contributed by atoms with E-state index in [0.29, 0.717) is 27.7 Å². The summed E-state index contributed by atoms with van der Waals surface area (Å²) >= 11 is 1.22. The molecule has 1 aliphatic heterocycles. The van der Waals surface area contributed by atoms with E-state index in [1.165, 1.54) is 11.8 Å². The summed E-state index contributed by atoms with van der Waals surface area (Å²) in [6, 6.07) is 21.8. The van der Waals surface area contributed by atoms with Crippen LogP contribution in [0.15, 0.2) is 77.4 Å². The number of Topliss-reactive ketones (excluding diaryl/α,β-unsaturated/α-hetero) is 1. The van der Waals surface area contributed by atoms with Gasteiger partial charge in [-0.2, -0.15) is 5.26 Å². The quantitative estimate of drug-likeness (QED) is 0.341. The molecule has 174 valence electrons. The molecule has 7 heteroatoms. The van der Waals surface area contributed by atoms with E-state index in [-0.39, 0.29) is 17.4 Å². The van der Waals surface area contributed by atoms with Gasteiger partial charge in [0.15, 0.2) is 11.0 Å². The topological polar surface area (TPSA) is 82.8 Å². The number of carbonyl (C=O) groups excluding carboxylic acids is 2. The van der Waals surface area contributed by atoms with Crippen LogP contribution in [0.1, 0.15) is 32.6 Å². The second-order valence-corrected chi connectivity index (χ2v) is 9.03. The Labute approximate surface area is 208 Å². The molecule has 0 spiro atoms. The van der Waals surface area contributed by atoms with E-state index in [0.717, 1.165) is 22.4 Å². The minimum atomic E-state index is -0.251. The average molecular weight is 482 g/mol. The smallest absolute Gasteiger partial charge is 0.283 e. The molecule has 0 bridgehead atoms. The van der Waals surface area contributed by atoms with Gasteiger partial charge < -0.3 is 4.74 Å². The summed E-state index contributed by atoms with van der Waals surface area (Å²) in [5.41, 5.74) is 4.88. The predicted molar refractivity (Wildman–Crippen MR) is 140 cm³/mol. The Hall–Kier alpha value is -4.15. The number of hydrogen-bond acceptors (Lipinski definition) is 6. The molecule has 0 fully saturated rings. The zero-order valence-electron chi connectivity index (χ0n) is 19.6. The molecule has 1 aliphatic rings. The number of benzene rings is 3. The van der Waals surface area contributed by atoms with Crippen molar-refractivity contribution < 1.29 is 14.3 Å². The highest BCUT2D eigenvalue weighted by Gasteiger charge is 2.32. The number of aliphatic imine (C=N–C) groups is 1. The number of rotatable bonds is 6. The Balaban J connectivity index is 1.64. The van der Waals surface area contributed by atoms with Crippen LogP contribution >= 0.6 is 11.8 Å². The molecule has 0 saturated heterocycles. The van der Waals surface area contributed by atoms with E-state index in [2.05, 4.69) is 4.99 Å². The molecule has 0 aliphatic carbocycles. The van der Waals surface area contributed by atoms with Crippen LogP contribution in [0.5, 0.6) is 5.75 Å². The second kappa shape index (κ2) is 10.4. The molecule has 3 aromatic rings. The molecule has 0 atom stereocenters. The van der Waals surface area contributed by atoms with Gasteiger partial charge in [0.1, 0.15) is 11.4 Å². The molecule has 0 radical (unpaired) electrons. The first kappa shape index (κ1) is 24.0. The lowest BCUT2D eigenvalue weighted by Gasteiger charge is -2.19. The van der Waals surface area contributed by atoms with Crippen molar-refractivity contribution in [3.8, 4) is 11.8 Å². The van der Waals surface area contributed by atoms with E-state index in [4.69, 9.17) is 10.00 Å². The van der Waals surface area contributed by atoms with Crippen molar-refractivity contribution in [1.82, 2.24) is 0 Å². The fourth-order valence-corrected chi connectivity index (χ4v) is 4.61. The Morgan fingerprint density at radius 3 is 2.31 bits per heavy atom. The van der Waals surface area contributed by atoms with Crippen LogP contribution < -0.4 is 9.64 Å². The van der Waals surface area contributed by atoms with Crippen LogP contribution in [-0.4, -0.2) is 29.7 Å². The van der Waals surface area contributed by atoms with Gasteiger partial charge in [0.25, 0.3) is 5.91 Å². The molecule has 0 N–H and O–H groups in total. The highest BCUT2D eigenvalue weighted by atomic mass is 32.2. The lowest BCUT2D eigenvalue weighted by Crippen LogP contribution is -2.31. The van der Waals surface area contributed by atoms with Gasteiger partial charge in [-0.1, -0.05) is 42.1 Å². The molecule has 1 amide bonds. The number of ketones is 1. The monoisotopic (exact) mass is 481 g/mol. The van der Waals surface area contributed by atoms with Gasteiger partial charge in [-0.05, 0) is 73.0 Å². The number of ether oxygens (including phenoxy) is 1. The molecule has 1 heterocycles. The molecule has 35 heavy (non-hydrogen) atoms. The van der Waals surface area contributed by atoms with Crippen LogP contribution in [0.2, 0.25) is 0 Å². The standard InChI is InChI=1S/C28H23N3O3S/c1-18-12-19(2)14-23(13-18)31-27(33)25(15-20-6-10-24(34-3)11-7-20)30-28(31)35-17-26(32)22-8-4-21(16-29)5-9-22/h4-15H,17H2,1-3H3/b25-15-. The summed E-state index contributed by atoms with van der Waals surface area (Å²) in [4.78, 5) is 32.4. The Morgan fingerprint density at radius 2 is 1.71 bits per heavy atom. The molecule has 3 aromatic carbocycles. The van der Waals surface area contributed by atoms with Gasteiger partial charge in [0, 0.05) is 5.56 Å². The van der Waals surface area contributed by atoms with E-state index in [9.17, 15) is 9.59 Å². The SMILES string of the molecule is COc1ccc(/C=C2\N=C(SCC(=O)c3ccc(C#N)cc3)N(c3cc(C)cc(C)c3)C2=O)cc1. The number of carbonyl (C=O) groups is 2. The summed E-state index contributed by atoms with van der Waals surface area (Å²) < 4.78 is 5.20. The maximum absolute atomic E-state index is 13.4. The molecular formula is C28H23N3O3S.